The van der Waals surface area contributed by atoms with Crippen LogP contribution in [0.2, 0.25) is 25.7 Å². The molecule has 0 amide bonds. The lowest BCUT2D eigenvalue weighted by Gasteiger charge is -2.26. The number of aryl methyl sites for hydroxylation is 1. The Morgan fingerprint density at radius 3 is 2.26 bits per heavy atom. The minimum atomic E-state index is -3.24. The van der Waals surface area contributed by atoms with Crippen molar-refractivity contribution in [2.24, 2.45) is 0 Å². The number of rotatable bonds is 13. The summed E-state index contributed by atoms with van der Waals surface area (Å²) in [6.07, 6.45) is 4.57. The molecule has 0 aliphatic heterocycles. The second kappa shape index (κ2) is 10.5. The SMILES string of the molecule is COP(=O)(CN(Cc1cn(CCCC[Si](C)(C)C)nn1)CP(C)(C)=O)OC. The summed E-state index contributed by atoms with van der Waals surface area (Å²) in [6.45, 7) is 11.8. The van der Waals surface area contributed by atoms with Gasteiger partial charge in [0, 0.05) is 41.6 Å². The maximum atomic E-state index is 12.5. The zero-order valence-corrected chi connectivity index (χ0v) is 20.6. The number of aromatic nitrogens is 3. The van der Waals surface area contributed by atoms with Gasteiger partial charge < -0.3 is 13.6 Å². The molecule has 0 bridgehead atoms. The molecule has 1 heterocycles. The smallest absolute Gasteiger partial charge is 0.323 e. The van der Waals surface area contributed by atoms with Gasteiger partial charge in [-0.25, -0.2) is 0 Å². The Bertz CT molecular complexity index is 664. The van der Waals surface area contributed by atoms with Crippen molar-refractivity contribution in [2.75, 3.05) is 40.1 Å². The van der Waals surface area contributed by atoms with Crippen LogP contribution < -0.4 is 0 Å². The monoisotopic (exact) mass is 438 g/mol. The minimum Gasteiger partial charge on any atom is -0.323 e. The highest BCUT2D eigenvalue weighted by molar-refractivity contribution is 7.62. The van der Waals surface area contributed by atoms with E-state index in [0.29, 0.717) is 12.8 Å². The van der Waals surface area contributed by atoms with Crippen molar-refractivity contribution >= 4 is 22.8 Å². The van der Waals surface area contributed by atoms with E-state index >= 15 is 0 Å². The predicted octanol–water partition coefficient (Wildman–Crippen LogP) is 4.22. The van der Waals surface area contributed by atoms with Crippen LogP contribution in [0.1, 0.15) is 18.5 Å². The van der Waals surface area contributed by atoms with Gasteiger partial charge in [0.1, 0.15) is 6.29 Å². The third-order valence-electron chi connectivity index (χ3n) is 4.01. The van der Waals surface area contributed by atoms with Crippen LogP contribution in [0.15, 0.2) is 6.20 Å². The molecule has 11 heteroatoms. The Kier molecular flexibility index (Phi) is 9.59. The van der Waals surface area contributed by atoms with Crippen LogP contribution in [0.4, 0.5) is 0 Å². The molecule has 0 N–H and O–H groups in total. The molecule has 0 atom stereocenters. The molecule has 0 saturated carbocycles. The van der Waals surface area contributed by atoms with Crippen LogP contribution in [0.3, 0.4) is 0 Å². The predicted molar refractivity (Wildman–Crippen MR) is 114 cm³/mol. The Morgan fingerprint density at radius 1 is 1.11 bits per heavy atom. The van der Waals surface area contributed by atoms with E-state index in [2.05, 4.69) is 30.0 Å². The molecule has 1 aromatic heterocycles. The molecule has 27 heavy (non-hydrogen) atoms. The number of nitrogens with zero attached hydrogens (tertiary/aromatic N) is 4. The Morgan fingerprint density at radius 2 is 1.74 bits per heavy atom. The highest BCUT2D eigenvalue weighted by Crippen LogP contribution is 2.48. The summed E-state index contributed by atoms with van der Waals surface area (Å²) in [7, 11) is -3.87. The Labute approximate surface area is 164 Å². The lowest BCUT2D eigenvalue weighted by Crippen LogP contribution is -2.26. The van der Waals surface area contributed by atoms with Gasteiger partial charge >= 0.3 is 7.60 Å². The first-order valence-electron chi connectivity index (χ1n) is 9.22. The van der Waals surface area contributed by atoms with Crippen molar-refractivity contribution in [1.82, 2.24) is 19.9 Å². The van der Waals surface area contributed by atoms with E-state index in [0.717, 1.165) is 18.7 Å². The van der Waals surface area contributed by atoms with E-state index in [4.69, 9.17) is 9.05 Å². The van der Waals surface area contributed by atoms with Crippen LogP contribution in [0.25, 0.3) is 0 Å². The summed E-state index contributed by atoms with van der Waals surface area (Å²) >= 11 is 0. The van der Waals surface area contributed by atoms with Crippen molar-refractivity contribution in [1.29, 1.82) is 0 Å². The molecule has 0 aliphatic carbocycles. The molecule has 0 radical (unpaired) electrons. The molecule has 0 unspecified atom stereocenters. The zero-order chi connectivity index (χ0) is 20.7. The Balaban J connectivity index is 2.69. The lowest BCUT2D eigenvalue weighted by atomic mass is 10.3. The number of hydrogen-bond donors (Lipinski definition) is 0. The van der Waals surface area contributed by atoms with E-state index in [1.54, 1.807) is 13.3 Å². The molecule has 1 aromatic rings. The molecule has 8 nitrogen and oxygen atoms in total. The van der Waals surface area contributed by atoms with Gasteiger partial charge in [-0.1, -0.05) is 37.3 Å². The second-order valence-corrected chi connectivity index (χ2v) is 19.9. The highest BCUT2D eigenvalue weighted by Gasteiger charge is 2.28. The Hall–Kier alpha value is -0.303. The fraction of sp³-hybridized carbons (Fsp3) is 0.875. The molecule has 0 spiro atoms. The van der Waals surface area contributed by atoms with Gasteiger partial charge in [-0.3, -0.25) is 14.1 Å². The van der Waals surface area contributed by atoms with Gasteiger partial charge in [0.25, 0.3) is 0 Å². The van der Waals surface area contributed by atoms with Crippen molar-refractivity contribution in [3.05, 3.63) is 11.9 Å². The van der Waals surface area contributed by atoms with Crippen LogP contribution in [0, 0.1) is 0 Å². The first kappa shape index (κ1) is 24.7. The summed E-state index contributed by atoms with van der Waals surface area (Å²) in [6, 6.07) is 1.31. The summed E-state index contributed by atoms with van der Waals surface area (Å²) in [4.78, 5) is 1.81. The largest absolute Gasteiger partial charge is 0.344 e. The third kappa shape index (κ3) is 10.7. The van der Waals surface area contributed by atoms with Gasteiger partial charge in [0.2, 0.25) is 0 Å². The molecule has 0 saturated heterocycles. The number of unbranched alkanes of at least 4 members (excludes halogenated alkanes) is 1. The topological polar surface area (TPSA) is 86.5 Å². The standard InChI is InChI=1S/C16H36N4O4P2Si/c1-23-26(22,24-2)15-19(14-25(3,4)21)12-16-13-20(18-17-16)10-8-9-11-27(5,6)7/h13H,8-12,14-15H2,1-7H3. The van der Waals surface area contributed by atoms with E-state index in [-0.39, 0.29) is 6.29 Å². The summed E-state index contributed by atoms with van der Waals surface area (Å²) < 4.78 is 36.7. The maximum Gasteiger partial charge on any atom is 0.344 e. The summed E-state index contributed by atoms with van der Waals surface area (Å²) in [5.74, 6) is 0. The van der Waals surface area contributed by atoms with Crippen molar-refractivity contribution in [2.45, 2.75) is 51.6 Å². The van der Waals surface area contributed by atoms with Crippen molar-refractivity contribution < 1.29 is 18.2 Å². The van der Waals surface area contributed by atoms with E-state index in [1.165, 1.54) is 26.7 Å². The van der Waals surface area contributed by atoms with Gasteiger partial charge in [0.05, 0.1) is 19.1 Å². The fourth-order valence-electron chi connectivity index (χ4n) is 2.74. The highest BCUT2D eigenvalue weighted by atomic mass is 31.2. The van der Waals surface area contributed by atoms with Crippen LogP contribution in [0.5, 0.6) is 0 Å². The van der Waals surface area contributed by atoms with E-state index < -0.39 is 22.8 Å². The average Bonchev–Trinajstić information content (AvgIpc) is 2.96. The second-order valence-electron chi connectivity index (χ2n) is 8.65. The van der Waals surface area contributed by atoms with E-state index in [1.807, 2.05) is 15.8 Å². The van der Waals surface area contributed by atoms with Crippen molar-refractivity contribution in [3.8, 4) is 0 Å². The summed E-state index contributed by atoms with van der Waals surface area (Å²) in [5.41, 5.74) is 0.757. The first-order chi connectivity index (χ1) is 12.4. The molecule has 0 aromatic carbocycles. The van der Waals surface area contributed by atoms with Gasteiger partial charge in [-0.15, -0.1) is 5.10 Å². The summed E-state index contributed by atoms with van der Waals surface area (Å²) in [5, 5.41) is 8.40. The van der Waals surface area contributed by atoms with Gasteiger partial charge in [-0.05, 0) is 19.8 Å². The zero-order valence-electron chi connectivity index (χ0n) is 17.8. The molecular weight excluding hydrogens is 402 g/mol. The number of hydrogen-bond acceptors (Lipinski definition) is 7. The minimum absolute atomic E-state index is 0.0642. The molecule has 0 fully saturated rings. The van der Waals surface area contributed by atoms with Gasteiger partial charge in [0.15, 0.2) is 0 Å². The molecule has 1 rings (SSSR count). The molecular formula is C16H36N4O4P2Si. The quantitative estimate of drug-likeness (QED) is 0.259. The molecule has 158 valence electrons. The van der Waals surface area contributed by atoms with Crippen LogP contribution >= 0.6 is 14.7 Å². The third-order valence-corrected chi connectivity index (χ3v) is 8.80. The van der Waals surface area contributed by atoms with Gasteiger partial charge in [-0.2, -0.15) is 0 Å². The average molecular weight is 439 g/mol. The van der Waals surface area contributed by atoms with E-state index in [9.17, 15) is 9.13 Å². The fourth-order valence-corrected chi connectivity index (χ4v) is 6.44. The maximum absolute atomic E-state index is 12.5. The lowest BCUT2D eigenvalue weighted by molar-refractivity contribution is 0.242. The normalized spacial score (nSPS) is 13.5. The van der Waals surface area contributed by atoms with Crippen LogP contribution in [-0.4, -0.2) is 68.1 Å². The molecule has 0 aliphatic rings. The van der Waals surface area contributed by atoms with Crippen molar-refractivity contribution in [3.63, 3.8) is 0 Å². The first-order valence-corrected chi connectivity index (χ1v) is 17.4. The van der Waals surface area contributed by atoms with Crippen LogP contribution in [-0.2, 0) is 31.3 Å².